The number of rotatable bonds is 4. The van der Waals surface area contributed by atoms with Crippen molar-refractivity contribution in [3.05, 3.63) is 0 Å². The van der Waals surface area contributed by atoms with E-state index in [-0.39, 0.29) is 0 Å². The second-order valence-electron chi connectivity index (χ2n) is 5.48. The summed E-state index contributed by atoms with van der Waals surface area (Å²) >= 11 is 1.98. The molecular formula is C13H25NOS. The van der Waals surface area contributed by atoms with Crippen molar-refractivity contribution in [1.82, 2.24) is 5.32 Å². The molecule has 2 fully saturated rings. The van der Waals surface area contributed by atoms with Gasteiger partial charge >= 0.3 is 0 Å². The van der Waals surface area contributed by atoms with Crippen LogP contribution in [0, 0.1) is 0 Å². The number of thioether (sulfide) groups is 1. The second-order valence-corrected chi connectivity index (χ2v) is 6.55. The van der Waals surface area contributed by atoms with Gasteiger partial charge in [0.25, 0.3) is 0 Å². The molecule has 0 aromatic carbocycles. The molecule has 2 rings (SSSR count). The van der Waals surface area contributed by atoms with Crippen LogP contribution >= 0.6 is 11.8 Å². The SMILES string of the molecule is CSC1CCCC1NCC1(O)CCCCC1. The highest BCUT2D eigenvalue weighted by atomic mass is 32.2. The molecule has 0 heterocycles. The van der Waals surface area contributed by atoms with Crippen molar-refractivity contribution in [2.24, 2.45) is 0 Å². The maximum Gasteiger partial charge on any atom is 0.0771 e. The number of hydrogen-bond donors (Lipinski definition) is 2. The van der Waals surface area contributed by atoms with Gasteiger partial charge in [0.1, 0.15) is 0 Å². The van der Waals surface area contributed by atoms with Crippen LogP contribution in [-0.2, 0) is 0 Å². The predicted molar refractivity (Wildman–Crippen MR) is 71.0 cm³/mol. The van der Waals surface area contributed by atoms with E-state index in [1.165, 1.54) is 38.5 Å². The van der Waals surface area contributed by atoms with E-state index in [0.717, 1.165) is 24.6 Å². The minimum Gasteiger partial charge on any atom is -0.389 e. The largest absolute Gasteiger partial charge is 0.389 e. The number of hydrogen-bond acceptors (Lipinski definition) is 3. The first-order chi connectivity index (χ1) is 7.73. The molecule has 2 saturated carbocycles. The Hall–Kier alpha value is 0.270. The van der Waals surface area contributed by atoms with Crippen LogP contribution in [0.5, 0.6) is 0 Å². The maximum absolute atomic E-state index is 10.4. The molecule has 16 heavy (non-hydrogen) atoms. The van der Waals surface area contributed by atoms with E-state index in [9.17, 15) is 5.11 Å². The van der Waals surface area contributed by atoms with E-state index in [0.29, 0.717) is 6.04 Å². The van der Waals surface area contributed by atoms with E-state index in [2.05, 4.69) is 11.6 Å². The van der Waals surface area contributed by atoms with Crippen LogP contribution in [0.1, 0.15) is 51.4 Å². The van der Waals surface area contributed by atoms with Crippen LogP contribution in [0.2, 0.25) is 0 Å². The summed E-state index contributed by atoms with van der Waals surface area (Å²) in [6.07, 6.45) is 11.9. The molecule has 0 aromatic rings. The Morgan fingerprint density at radius 3 is 2.62 bits per heavy atom. The van der Waals surface area contributed by atoms with Crippen LogP contribution in [-0.4, -0.2) is 34.8 Å². The number of nitrogens with one attached hydrogen (secondary N) is 1. The lowest BCUT2D eigenvalue weighted by molar-refractivity contribution is 0.00292. The Morgan fingerprint density at radius 2 is 1.94 bits per heavy atom. The van der Waals surface area contributed by atoms with Crippen LogP contribution in [0.25, 0.3) is 0 Å². The van der Waals surface area contributed by atoms with Crippen LogP contribution in [0.15, 0.2) is 0 Å². The van der Waals surface area contributed by atoms with Gasteiger partial charge in [-0.15, -0.1) is 0 Å². The zero-order valence-corrected chi connectivity index (χ0v) is 11.2. The van der Waals surface area contributed by atoms with Crippen molar-refractivity contribution < 1.29 is 5.11 Å². The van der Waals surface area contributed by atoms with Crippen LogP contribution in [0.4, 0.5) is 0 Å². The Morgan fingerprint density at radius 1 is 1.19 bits per heavy atom. The first-order valence-corrected chi connectivity index (χ1v) is 8.01. The molecule has 3 heteroatoms. The smallest absolute Gasteiger partial charge is 0.0771 e. The van der Waals surface area contributed by atoms with Crippen molar-refractivity contribution >= 4 is 11.8 Å². The average Bonchev–Trinajstić information content (AvgIpc) is 2.75. The molecule has 0 aliphatic heterocycles. The highest BCUT2D eigenvalue weighted by Gasteiger charge is 2.32. The van der Waals surface area contributed by atoms with Gasteiger partial charge in [0.05, 0.1) is 5.60 Å². The second kappa shape index (κ2) is 5.74. The molecule has 0 saturated heterocycles. The molecule has 2 nitrogen and oxygen atoms in total. The van der Waals surface area contributed by atoms with E-state index < -0.39 is 5.60 Å². The van der Waals surface area contributed by atoms with Gasteiger partial charge in [-0.05, 0) is 31.9 Å². The van der Waals surface area contributed by atoms with Crippen molar-refractivity contribution in [2.75, 3.05) is 12.8 Å². The summed E-state index contributed by atoms with van der Waals surface area (Å²) in [6, 6.07) is 0.640. The topological polar surface area (TPSA) is 32.3 Å². The van der Waals surface area contributed by atoms with Gasteiger partial charge in [0.2, 0.25) is 0 Å². The van der Waals surface area contributed by atoms with Gasteiger partial charge in [-0.1, -0.05) is 25.7 Å². The molecule has 0 aromatic heterocycles. The summed E-state index contributed by atoms with van der Waals surface area (Å²) in [4.78, 5) is 0. The standard InChI is InChI=1S/C13H25NOS/c1-16-12-7-5-6-11(12)14-10-13(15)8-3-2-4-9-13/h11-12,14-15H,2-10H2,1H3. The van der Waals surface area contributed by atoms with Crippen molar-refractivity contribution in [3.8, 4) is 0 Å². The molecule has 2 aliphatic rings. The van der Waals surface area contributed by atoms with Crippen LogP contribution < -0.4 is 5.32 Å². The Kier molecular flexibility index (Phi) is 4.57. The molecule has 0 spiro atoms. The highest BCUT2D eigenvalue weighted by molar-refractivity contribution is 7.99. The average molecular weight is 243 g/mol. The van der Waals surface area contributed by atoms with Gasteiger partial charge in [0, 0.05) is 17.8 Å². The molecule has 0 amide bonds. The van der Waals surface area contributed by atoms with Gasteiger partial charge in [-0.2, -0.15) is 11.8 Å². The summed E-state index contributed by atoms with van der Waals surface area (Å²) in [5.74, 6) is 0. The summed E-state index contributed by atoms with van der Waals surface area (Å²) in [5.41, 5.74) is -0.399. The normalized spacial score (nSPS) is 34.1. The monoisotopic (exact) mass is 243 g/mol. The zero-order chi connectivity index (χ0) is 11.4. The third kappa shape index (κ3) is 3.14. The van der Waals surface area contributed by atoms with E-state index in [1.54, 1.807) is 0 Å². The Balaban J connectivity index is 1.77. The molecule has 2 N–H and O–H groups in total. The van der Waals surface area contributed by atoms with E-state index >= 15 is 0 Å². The zero-order valence-electron chi connectivity index (χ0n) is 10.4. The fraction of sp³-hybridized carbons (Fsp3) is 1.00. The minimum atomic E-state index is -0.399. The lowest BCUT2D eigenvalue weighted by atomic mass is 9.84. The quantitative estimate of drug-likeness (QED) is 0.796. The molecule has 2 unspecified atom stereocenters. The van der Waals surface area contributed by atoms with Gasteiger partial charge < -0.3 is 10.4 Å². The predicted octanol–water partition coefficient (Wildman–Crippen LogP) is 2.56. The van der Waals surface area contributed by atoms with Crippen molar-refractivity contribution in [2.45, 2.75) is 68.3 Å². The van der Waals surface area contributed by atoms with E-state index in [4.69, 9.17) is 0 Å². The lowest BCUT2D eigenvalue weighted by Crippen LogP contribution is -2.47. The summed E-state index contributed by atoms with van der Waals surface area (Å²) in [7, 11) is 0. The minimum absolute atomic E-state index is 0.399. The molecular weight excluding hydrogens is 218 g/mol. The lowest BCUT2D eigenvalue weighted by Gasteiger charge is -2.34. The van der Waals surface area contributed by atoms with Crippen molar-refractivity contribution in [3.63, 3.8) is 0 Å². The number of aliphatic hydroxyl groups is 1. The summed E-state index contributed by atoms with van der Waals surface area (Å²) < 4.78 is 0. The maximum atomic E-state index is 10.4. The molecule has 0 bridgehead atoms. The van der Waals surface area contributed by atoms with Gasteiger partial charge in [-0.25, -0.2) is 0 Å². The molecule has 0 radical (unpaired) electrons. The summed E-state index contributed by atoms with van der Waals surface area (Å²) in [6.45, 7) is 0.814. The van der Waals surface area contributed by atoms with Gasteiger partial charge in [0.15, 0.2) is 0 Å². The molecule has 2 aliphatic carbocycles. The Labute approximate surface area is 104 Å². The fourth-order valence-electron chi connectivity index (χ4n) is 3.15. The first-order valence-electron chi connectivity index (χ1n) is 6.72. The summed E-state index contributed by atoms with van der Waals surface area (Å²) in [5, 5.41) is 14.8. The fourth-order valence-corrected chi connectivity index (χ4v) is 4.11. The Bertz CT molecular complexity index is 216. The molecule has 2 atom stereocenters. The molecule has 94 valence electrons. The van der Waals surface area contributed by atoms with E-state index in [1.807, 2.05) is 11.8 Å². The highest BCUT2D eigenvalue weighted by Crippen LogP contribution is 2.31. The van der Waals surface area contributed by atoms with Crippen LogP contribution in [0.3, 0.4) is 0 Å². The van der Waals surface area contributed by atoms with Gasteiger partial charge in [-0.3, -0.25) is 0 Å². The third-order valence-corrected chi connectivity index (χ3v) is 5.40. The first kappa shape index (κ1) is 12.7. The third-order valence-electron chi connectivity index (χ3n) is 4.23. The van der Waals surface area contributed by atoms with Crippen molar-refractivity contribution in [1.29, 1.82) is 0 Å².